The Hall–Kier alpha value is -2.58. The molecular formula is C15H16ClN3O5. The largest absolute Gasteiger partial charge is 0.481 e. The van der Waals surface area contributed by atoms with Crippen molar-refractivity contribution in [1.29, 1.82) is 0 Å². The highest BCUT2D eigenvalue weighted by Crippen LogP contribution is 2.16. The minimum Gasteiger partial charge on any atom is -0.481 e. The maximum absolute atomic E-state index is 11.9. The first-order valence-electron chi connectivity index (χ1n) is 6.99. The highest BCUT2D eigenvalue weighted by atomic mass is 35.5. The van der Waals surface area contributed by atoms with Gasteiger partial charge in [-0.15, -0.1) is 0 Å². The summed E-state index contributed by atoms with van der Waals surface area (Å²) in [6.07, 6.45) is -0.609. The van der Waals surface area contributed by atoms with Crippen LogP contribution in [0.2, 0.25) is 5.02 Å². The molecule has 1 atom stereocenters. The number of halogens is 1. The SMILES string of the molecule is Cc1nc(CONC(=O)C(C)Oc2ccc(Cl)cc2)cn1C(=O)O. The molecule has 8 nitrogen and oxygen atoms in total. The van der Waals surface area contributed by atoms with Crippen LogP contribution in [0.25, 0.3) is 0 Å². The van der Waals surface area contributed by atoms with Crippen molar-refractivity contribution in [2.45, 2.75) is 26.6 Å². The number of hydroxylamine groups is 1. The number of carboxylic acid groups (broad SMARTS) is 1. The Balaban J connectivity index is 1.81. The van der Waals surface area contributed by atoms with Crippen molar-refractivity contribution < 1.29 is 24.3 Å². The Kier molecular flexibility index (Phi) is 5.78. The fourth-order valence-corrected chi connectivity index (χ4v) is 1.96. The van der Waals surface area contributed by atoms with E-state index in [4.69, 9.17) is 26.3 Å². The van der Waals surface area contributed by atoms with E-state index in [9.17, 15) is 9.59 Å². The topological polar surface area (TPSA) is 103 Å². The normalized spacial score (nSPS) is 11.8. The molecule has 9 heteroatoms. The summed E-state index contributed by atoms with van der Waals surface area (Å²) >= 11 is 5.77. The van der Waals surface area contributed by atoms with Crippen LogP contribution in [0.5, 0.6) is 5.75 Å². The van der Waals surface area contributed by atoms with Crippen molar-refractivity contribution in [2.75, 3.05) is 0 Å². The Morgan fingerprint density at radius 2 is 2.04 bits per heavy atom. The first-order chi connectivity index (χ1) is 11.4. The molecule has 128 valence electrons. The first kappa shape index (κ1) is 17.8. The fourth-order valence-electron chi connectivity index (χ4n) is 1.83. The molecule has 0 aliphatic rings. The summed E-state index contributed by atoms with van der Waals surface area (Å²) in [5.41, 5.74) is 2.61. The maximum Gasteiger partial charge on any atom is 0.417 e. The molecule has 24 heavy (non-hydrogen) atoms. The van der Waals surface area contributed by atoms with Gasteiger partial charge < -0.3 is 9.84 Å². The van der Waals surface area contributed by atoms with E-state index in [2.05, 4.69) is 10.5 Å². The van der Waals surface area contributed by atoms with Crippen LogP contribution in [0.3, 0.4) is 0 Å². The number of rotatable bonds is 6. The van der Waals surface area contributed by atoms with Crippen molar-refractivity contribution >= 4 is 23.6 Å². The van der Waals surface area contributed by atoms with Gasteiger partial charge in [-0.3, -0.25) is 9.63 Å². The maximum atomic E-state index is 11.9. The highest BCUT2D eigenvalue weighted by Gasteiger charge is 2.15. The molecule has 2 rings (SSSR count). The molecule has 2 aromatic rings. The van der Waals surface area contributed by atoms with E-state index in [0.29, 0.717) is 22.3 Å². The lowest BCUT2D eigenvalue weighted by molar-refractivity contribution is -0.141. The Bertz CT molecular complexity index is 729. The molecule has 0 saturated carbocycles. The van der Waals surface area contributed by atoms with E-state index >= 15 is 0 Å². The molecule has 0 spiro atoms. The lowest BCUT2D eigenvalue weighted by Gasteiger charge is -2.14. The molecule has 1 amide bonds. The predicted molar refractivity (Wildman–Crippen MR) is 84.9 cm³/mol. The minimum absolute atomic E-state index is 0.0689. The van der Waals surface area contributed by atoms with Gasteiger partial charge in [0.25, 0.3) is 5.91 Å². The third-order valence-electron chi connectivity index (χ3n) is 3.03. The molecule has 1 unspecified atom stereocenters. The van der Waals surface area contributed by atoms with Gasteiger partial charge in [0.2, 0.25) is 0 Å². The number of nitrogens with zero attached hydrogens (tertiary/aromatic N) is 2. The van der Waals surface area contributed by atoms with Gasteiger partial charge in [-0.05, 0) is 38.1 Å². The summed E-state index contributed by atoms with van der Waals surface area (Å²) in [6, 6.07) is 6.60. The van der Waals surface area contributed by atoms with Crippen LogP contribution >= 0.6 is 11.6 Å². The third kappa shape index (κ3) is 4.71. The Labute approximate surface area is 142 Å². The van der Waals surface area contributed by atoms with Crippen LogP contribution in [0.4, 0.5) is 4.79 Å². The lowest BCUT2D eigenvalue weighted by Crippen LogP contribution is -2.36. The van der Waals surface area contributed by atoms with Crippen molar-refractivity contribution in [3.8, 4) is 5.75 Å². The molecule has 0 aliphatic carbocycles. The van der Waals surface area contributed by atoms with E-state index in [1.54, 1.807) is 38.1 Å². The Morgan fingerprint density at radius 1 is 1.38 bits per heavy atom. The van der Waals surface area contributed by atoms with Crippen molar-refractivity contribution in [1.82, 2.24) is 15.0 Å². The van der Waals surface area contributed by atoms with Gasteiger partial charge in [0.15, 0.2) is 6.10 Å². The quantitative estimate of drug-likeness (QED) is 0.773. The number of amides is 1. The minimum atomic E-state index is -1.14. The van der Waals surface area contributed by atoms with E-state index in [1.165, 1.54) is 6.20 Å². The highest BCUT2D eigenvalue weighted by molar-refractivity contribution is 6.30. The van der Waals surface area contributed by atoms with E-state index in [0.717, 1.165) is 4.57 Å². The van der Waals surface area contributed by atoms with Crippen LogP contribution < -0.4 is 10.2 Å². The van der Waals surface area contributed by atoms with Gasteiger partial charge in [-0.2, -0.15) is 0 Å². The van der Waals surface area contributed by atoms with Gasteiger partial charge in [-0.25, -0.2) is 19.8 Å². The second-order valence-electron chi connectivity index (χ2n) is 4.90. The standard InChI is InChI=1S/C15H16ClN3O5/c1-9(24-13-5-3-11(16)4-6-13)14(20)18-23-8-12-7-19(15(21)22)10(2)17-12/h3-7,9H,8H2,1-2H3,(H,18,20)(H,21,22). The monoisotopic (exact) mass is 353 g/mol. The molecule has 1 heterocycles. The zero-order valence-corrected chi connectivity index (χ0v) is 13.8. The zero-order chi connectivity index (χ0) is 17.7. The molecule has 0 radical (unpaired) electrons. The molecule has 0 fully saturated rings. The van der Waals surface area contributed by atoms with Gasteiger partial charge in [0.05, 0.1) is 5.69 Å². The van der Waals surface area contributed by atoms with Gasteiger partial charge in [-0.1, -0.05) is 11.6 Å². The predicted octanol–water partition coefficient (Wildman–Crippen LogP) is 2.39. The van der Waals surface area contributed by atoms with Gasteiger partial charge >= 0.3 is 6.09 Å². The number of imidazole rings is 1. The van der Waals surface area contributed by atoms with Crippen molar-refractivity contribution in [3.63, 3.8) is 0 Å². The Morgan fingerprint density at radius 3 is 2.62 bits per heavy atom. The van der Waals surface area contributed by atoms with Crippen molar-refractivity contribution in [2.24, 2.45) is 0 Å². The lowest BCUT2D eigenvalue weighted by atomic mass is 10.3. The average Bonchev–Trinajstić information content (AvgIpc) is 2.90. The number of benzene rings is 1. The second kappa shape index (κ2) is 7.80. The summed E-state index contributed by atoms with van der Waals surface area (Å²) in [7, 11) is 0. The zero-order valence-electron chi connectivity index (χ0n) is 13.0. The second-order valence-corrected chi connectivity index (χ2v) is 5.34. The van der Waals surface area contributed by atoms with E-state index in [1.807, 2.05) is 0 Å². The number of nitrogens with one attached hydrogen (secondary N) is 1. The smallest absolute Gasteiger partial charge is 0.417 e. The van der Waals surface area contributed by atoms with Crippen LogP contribution in [0.1, 0.15) is 18.4 Å². The fraction of sp³-hybridized carbons (Fsp3) is 0.267. The van der Waals surface area contributed by atoms with Crippen molar-refractivity contribution in [3.05, 3.63) is 47.0 Å². The van der Waals surface area contributed by atoms with Gasteiger partial charge in [0.1, 0.15) is 18.2 Å². The van der Waals surface area contributed by atoms with Crippen LogP contribution in [-0.2, 0) is 16.2 Å². The van der Waals surface area contributed by atoms with Crippen LogP contribution in [-0.4, -0.2) is 32.8 Å². The summed E-state index contributed by atoms with van der Waals surface area (Å²) in [5, 5.41) is 9.48. The molecular weight excluding hydrogens is 338 g/mol. The molecule has 1 aromatic heterocycles. The van der Waals surface area contributed by atoms with Crippen LogP contribution in [0.15, 0.2) is 30.5 Å². The van der Waals surface area contributed by atoms with Crippen LogP contribution in [0, 0.1) is 6.92 Å². The molecule has 0 aliphatic heterocycles. The number of aryl methyl sites for hydroxylation is 1. The summed E-state index contributed by atoms with van der Waals surface area (Å²) < 4.78 is 6.41. The summed E-state index contributed by atoms with van der Waals surface area (Å²) in [6.45, 7) is 3.05. The number of aromatic nitrogens is 2. The number of hydrogen-bond acceptors (Lipinski definition) is 5. The number of carbonyl (C=O) groups is 2. The third-order valence-corrected chi connectivity index (χ3v) is 3.28. The number of carbonyl (C=O) groups excluding carboxylic acids is 1. The van der Waals surface area contributed by atoms with Gasteiger partial charge in [0, 0.05) is 11.2 Å². The van der Waals surface area contributed by atoms with E-state index in [-0.39, 0.29) is 6.61 Å². The molecule has 2 N–H and O–H groups in total. The summed E-state index contributed by atoms with van der Waals surface area (Å²) in [5.74, 6) is 0.323. The summed E-state index contributed by atoms with van der Waals surface area (Å²) in [4.78, 5) is 31.8. The number of ether oxygens (including phenoxy) is 1. The average molecular weight is 354 g/mol. The molecule has 1 aromatic carbocycles. The molecule has 0 saturated heterocycles. The first-order valence-corrected chi connectivity index (χ1v) is 7.36. The number of hydrogen-bond donors (Lipinski definition) is 2. The molecule has 0 bridgehead atoms. The van der Waals surface area contributed by atoms with E-state index < -0.39 is 18.1 Å².